The molecule has 4 heteroatoms. The van der Waals surface area contributed by atoms with E-state index in [1.165, 1.54) is 24.3 Å². The first-order valence-electron chi connectivity index (χ1n) is 5.51. The third kappa shape index (κ3) is 3.16. The van der Waals surface area contributed by atoms with Crippen molar-refractivity contribution in [2.24, 2.45) is 5.92 Å². The lowest BCUT2D eigenvalue weighted by atomic mass is 10.1. The zero-order valence-corrected chi connectivity index (χ0v) is 10.6. The Morgan fingerprint density at radius 1 is 1.60 bits per heavy atom. The van der Waals surface area contributed by atoms with Gasteiger partial charge in [0.1, 0.15) is 5.01 Å². The standard InChI is InChI=1S/C11H17ClN2S/c1-8-7-15-11(14-8)6-13-5-9-3-2-4-10(9)12/h7,9-10,13H,2-6H2,1H3. The van der Waals surface area contributed by atoms with Crippen LogP contribution in [0.3, 0.4) is 0 Å². The highest BCUT2D eigenvalue weighted by atomic mass is 35.5. The largest absolute Gasteiger partial charge is 0.310 e. The fourth-order valence-corrected chi connectivity index (χ4v) is 3.18. The van der Waals surface area contributed by atoms with Gasteiger partial charge in [-0.3, -0.25) is 0 Å². The first-order chi connectivity index (χ1) is 7.25. The predicted octanol–water partition coefficient (Wildman–Crippen LogP) is 2.95. The van der Waals surface area contributed by atoms with Gasteiger partial charge in [0.05, 0.1) is 0 Å². The smallest absolute Gasteiger partial charge is 0.107 e. The Hall–Kier alpha value is -0.120. The normalized spacial score (nSPS) is 26.0. The molecule has 2 unspecified atom stereocenters. The van der Waals surface area contributed by atoms with Crippen molar-refractivity contribution in [3.05, 3.63) is 16.1 Å². The van der Waals surface area contributed by atoms with E-state index in [2.05, 4.69) is 15.7 Å². The van der Waals surface area contributed by atoms with Crippen molar-refractivity contribution in [1.82, 2.24) is 10.3 Å². The van der Waals surface area contributed by atoms with Crippen LogP contribution in [-0.4, -0.2) is 16.9 Å². The molecule has 1 saturated carbocycles. The van der Waals surface area contributed by atoms with Crippen molar-refractivity contribution in [2.45, 2.75) is 38.1 Å². The molecule has 0 radical (unpaired) electrons. The van der Waals surface area contributed by atoms with Crippen LogP contribution in [0.5, 0.6) is 0 Å². The summed E-state index contributed by atoms with van der Waals surface area (Å²) < 4.78 is 0. The summed E-state index contributed by atoms with van der Waals surface area (Å²) in [6.45, 7) is 3.96. The fraction of sp³-hybridized carbons (Fsp3) is 0.727. The third-order valence-corrected chi connectivity index (χ3v) is 4.46. The van der Waals surface area contributed by atoms with Crippen LogP contribution in [0.25, 0.3) is 0 Å². The van der Waals surface area contributed by atoms with E-state index >= 15 is 0 Å². The summed E-state index contributed by atoms with van der Waals surface area (Å²) in [4.78, 5) is 4.42. The van der Waals surface area contributed by atoms with E-state index in [1.807, 2.05) is 6.92 Å². The minimum atomic E-state index is 0.385. The van der Waals surface area contributed by atoms with E-state index in [0.717, 1.165) is 18.8 Å². The van der Waals surface area contributed by atoms with Gasteiger partial charge in [-0.25, -0.2) is 4.98 Å². The minimum absolute atomic E-state index is 0.385. The van der Waals surface area contributed by atoms with Crippen molar-refractivity contribution in [1.29, 1.82) is 0 Å². The van der Waals surface area contributed by atoms with Gasteiger partial charge in [-0.15, -0.1) is 22.9 Å². The molecule has 84 valence electrons. The second-order valence-electron chi connectivity index (χ2n) is 4.22. The van der Waals surface area contributed by atoms with Gasteiger partial charge in [0.25, 0.3) is 0 Å². The molecule has 0 amide bonds. The molecule has 1 fully saturated rings. The molecule has 1 heterocycles. The lowest BCUT2D eigenvalue weighted by Crippen LogP contribution is -2.25. The molecule has 2 nitrogen and oxygen atoms in total. The molecule has 1 aliphatic carbocycles. The first-order valence-corrected chi connectivity index (χ1v) is 6.83. The van der Waals surface area contributed by atoms with Crippen molar-refractivity contribution >= 4 is 22.9 Å². The molecule has 2 rings (SSSR count). The zero-order chi connectivity index (χ0) is 10.7. The Kier molecular flexibility index (Phi) is 4.00. The molecule has 0 spiro atoms. The fourth-order valence-electron chi connectivity index (χ4n) is 2.07. The SMILES string of the molecule is Cc1csc(CNCC2CCCC2Cl)n1. The van der Waals surface area contributed by atoms with Gasteiger partial charge in [-0.2, -0.15) is 0 Å². The van der Waals surface area contributed by atoms with Crippen molar-refractivity contribution in [3.63, 3.8) is 0 Å². The molecule has 2 atom stereocenters. The highest BCUT2D eigenvalue weighted by Crippen LogP contribution is 2.29. The Morgan fingerprint density at radius 2 is 2.47 bits per heavy atom. The number of hydrogen-bond acceptors (Lipinski definition) is 3. The molecule has 15 heavy (non-hydrogen) atoms. The summed E-state index contributed by atoms with van der Waals surface area (Å²) >= 11 is 7.94. The monoisotopic (exact) mass is 244 g/mol. The lowest BCUT2D eigenvalue weighted by Gasteiger charge is -2.13. The molecule has 0 aromatic carbocycles. The molecular weight excluding hydrogens is 228 g/mol. The number of nitrogens with one attached hydrogen (secondary N) is 1. The van der Waals surface area contributed by atoms with Crippen molar-refractivity contribution in [3.8, 4) is 0 Å². The molecule has 1 N–H and O–H groups in total. The van der Waals surface area contributed by atoms with E-state index < -0.39 is 0 Å². The first kappa shape index (κ1) is 11.4. The molecule has 0 saturated heterocycles. The average molecular weight is 245 g/mol. The van der Waals surface area contributed by atoms with Crippen LogP contribution in [0.1, 0.15) is 30.0 Å². The predicted molar refractivity (Wildman–Crippen MR) is 65.5 cm³/mol. The second-order valence-corrected chi connectivity index (χ2v) is 5.72. The van der Waals surface area contributed by atoms with E-state index in [4.69, 9.17) is 11.6 Å². The summed E-state index contributed by atoms with van der Waals surface area (Å²) in [6, 6.07) is 0. The topological polar surface area (TPSA) is 24.9 Å². The van der Waals surface area contributed by atoms with Crippen LogP contribution < -0.4 is 5.32 Å². The Balaban J connectivity index is 1.70. The number of rotatable bonds is 4. The molecule has 0 bridgehead atoms. The van der Waals surface area contributed by atoms with Gasteiger partial charge in [0.2, 0.25) is 0 Å². The van der Waals surface area contributed by atoms with Crippen LogP contribution in [0.4, 0.5) is 0 Å². The number of aryl methyl sites for hydroxylation is 1. The van der Waals surface area contributed by atoms with E-state index in [9.17, 15) is 0 Å². The van der Waals surface area contributed by atoms with Gasteiger partial charge in [0, 0.05) is 23.0 Å². The quantitative estimate of drug-likeness (QED) is 0.824. The number of hydrogen-bond donors (Lipinski definition) is 1. The van der Waals surface area contributed by atoms with Gasteiger partial charge < -0.3 is 5.32 Å². The minimum Gasteiger partial charge on any atom is -0.310 e. The van der Waals surface area contributed by atoms with E-state index in [-0.39, 0.29) is 0 Å². The summed E-state index contributed by atoms with van der Waals surface area (Å²) in [6.07, 6.45) is 3.75. The number of halogens is 1. The number of aromatic nitrogens is 1. The van der Waals surface area contributed by atoms with Crippen LogP contribution in [0.2, 0.25) is 0 Å². The summed E-state index contributed by atoms with van der Waals surface area (Å²) in [5, 5.41) is 7.11. The highest BCUT2D eigenvalue weighted by Gasteiger charge is 2.24. The average Bonchev–Trinajstić information content (AvgIpc) is 2.77. The van der Waals surface area contributed by atoms with E-state index in [1.54, 1.807) is 11.3 Å². The Morgan fingerprint density at radius 3 is 3.07 bits per heavy atom. The maximum absolute atomic E-state index is 6.21. The summed E-state index contributed by atoms with van der Waals surface area (Å²) in [5.74, 6) is 0.660. The van der Waals surface area contributed by atoms with Gasteiger partial charge in [-0.1, -0.05) is 6.42 Å². The van der Waals surface area contributed by atoms with Gasteiger partial charge >= 0.3 is 0 Å². The van der Waals surface area contributed by atoms with Crippen LogP contribution in [0.15, 0.2) is 5.38 Å². The third-order valence-electron chi connectivity index (χ3n) is 2.92. The molecule has 1 aromatic rings. The van der Waals surface area contributed by atoms with Crippen LogP contribution >= 0.6 is 22.9 Å². The van der Waals surface area contributed by atoms with Gasteiger partial charge in [0.15, 0.2) is 0 Å². The lowest BCUT2D eigenvalue weighted by molar-refractivity contribution is 0.493. The highest BCUT2D eigenvalue weighted by molar-refractivity contribution is 7.09. The van der Waals surface area contributed by atoms with E-state index in [0.29, 0.717) is 11.3 Å². The maximum Gasteiger partial charge on any atom is 0.107 e. The molecular formula is C11H17ClN2S. The van der Waals surface area contributed by atoms with Crippen LogP contribution in [0, 0.1) is 12.8 Å². The van der Waals surface area contributed by atoms with Gasteiger partial charge in [-0.05, 0) is 32.2 Å². The second kappa shape index (κ2) is 5.28. The zero-order valence-electron chi connectivity index (χ0n) is 9.00. The Labute approximate surface area is 100 Å². The van der Waals surface area contributed by atoms with Crippen molar-refractivity contribution in [2.75, 3.05) is 6.54 Å². The molecule has 1 aromatic heterocycles. The number of nitrogens with zero attached hydrogens (tertiary/aromatic N) is 1. The number of thiazole rings is 1. The summed E-state index contributed by atoms with van der Waals surface area (Å²) in [5.41, 5.74) is 1.12. The molecule has 1 aliphatic rings. The Bertz CT molecular complexity index is 313. The maximum atomic E-state index is 6.21. The van der Waals surface area contributed by atoms with Crippen molar-refractivity contribution < 1.29 is 0 Å². The summed E-state index contributed by atoms with van der Waals surface area (Å²) in [7, 11) is 0. The van der Waals surface area contributed by atoms with Crippen LogP contribution in [-0.2, 0) is 6.54 Å². The molecule has 0 aliphatic heterocycles. The number of alkyl halides is 1.